The molecule has 0 aliphatic carbocycles. The number of aromatic nitrogens is 2. The molecule has 1 aromatic rings. The number of aryl methyl sites for hydroxylation is 1. The largest absolute Gasteiger partial charge is 0.276 e. The number of nitrogens with two attached hydrogens (primary N) is 1. The zero-order valence-corrected chi connectivity index (χ0v) is 11.7. The van der Waals surface area contributed by atoms with Gasteiger partial charge in [-0.2, -0.15) is 5.10 Å². The number of hydrogen-bond acceptors (Lipinski definition) is 3. The van der Waals surface area contributed by atoms with Crippen molar-refractivity contribution in [3.63, 3.8) is 0 Å². The van der Waals surface area contributed by atoms with Crippen LogP contribution in [0, 0.1) is 11.3 Å². The third kappa shape index (κ3) is 4.48. The Labute approximate surface area is 105 Å². The first-order chi connectivity index (χ1) is 7.82. The summed E-state index contributed by atoms with van der Waals surface area (Å²) in [7, 11) is 1.94. The first kappa shape index (κ1) is 14.2. The molecule has 98 valence electrons. The molecule has 0 aliphatic rings. The fourth-order valence-corrected chi connectivity index (χ4v) is 1.85. The van der Waals surface area contributed by atoms with Crippen LogP contribution in [0.3, 0.4) is 0 Å². The second kappa shape index (κ2) is 5.65. The van der Waals surface area contributed by atoms with Gasteiger partial charge in [-0.15, -0.1) is 0 Å². The molecule has 3 N–H and O–H groups in total. The van der Waals surface area contributed by atoms with Crippen molar-refractivity contribution in [3.8, 4) is 0 Å². The SMILES string of the molecule is CC(CC(Cc1cnn(C)c1)NN)C(C)(C)C. The highest BCUT2D eigenvalue weighted by molar-refractivity contribution is 5.06. The molecule has 0 bridgehead atoms. The Kier molecular flexibility index (Phi) is 4.71. The van der Waals surface area contributed by atoms with Crippen LogP contribution in [-0.4, -0.2) is 15.8 Å². The maximum absolute atomic E-state index is 5.64. The van der Waals surface area contributed by atoms with E-state index in [9.17, 15) is 0 Å². The lowest BCUT2D eigenvalue weighted by Crippen LogP contribution is -2.39. The highest BCUT2D eigenvalue weighted by Crippen LogP contribution is 2.29. The van der Waals surface area contributed by atoms with Crippen LogP contribution in [0.5, 0.6) is 0 Å². The zero-order chi connectivity index (χ0) is 13.1. The molecule has 1 rings (SSSR count). The minimum absolute atomic E-state index is 0.313. The molecular formula is C13H26N4. The summed E-state index contributed by atoms with van der Waals surface area (Å²) >= 11 is 0. The molecule has 0 saturated heterocycles. The van der Waals surface area contributed by atoms with Crippen molar-refractivity contribution in [2.45, 2.75) is 46.6 Å². The molecule has 2 unspecified atom stereocenters. The first-order valence-corrected chi connectivity index (χ1v) is 6.26. The molecule has 0 spiro atoms. The van der Waals surface area contributed by atoms with E-state index in [4.69, 9.17) is 5.84 Å². The van der Waals surface area contributed by atoms with Gasteiger partial charge in [-0.3, -0.25) is 16.0 Å². The molecule has 0 aliphatic heterocycles. The van der Waals surface area contributed by atoms with Crippen LogP contribution in [0.4, 0.5) is 0 Å². The summed E-state index contributed by atoms with van der Waals surface area (Å²) < 4.78 is 1.83. The summed E-state index contributed by atoms with van der Waals surface area (Å²) in [5, 5.41) is 4.18. The Hall–Kier alpha value is -0.870. The quantitative estimate of drug-likeness (QED) is 0.608. The molecule has 0 aromatic carbocycles. The van der Waals surface area contributed by atoms with E-state index in [2.05, 4.69) is 38.2 Å². The van der Waals surface area contributed by atoms with E-state index in [-0.39, 0.29) is 0 Å². The first-order valence-electron chi connectivity index (χ1n) is 6.26. The standard InChI is InChI=1S/C13H26N4/c1-10(13(2,3)4)6-12(16-14)7-11-8-15-17(5)9-11/h8-10,12,16H,6-7,14H2,1-5H3. The number of hydrogen-bond donors (Lipinski definition) is 2. The van der Waals surface area contributed by atoms with Crippen LogP contribution in [0.25, 0.3) is 0 Å². The van der Waals surface area contributed by atoms with Gasteiger partial charge in [0.05, 0.1) is 6.20 Å². The average Bonchev–Trinajstić information content (AvgIpc) is 2.61. The van der Waals surface area contributed by atoms with E-state index >= 15 is 0 Å². The van der Waals surface area contributed by atoms with E-state index in [1.807, 2.05) is 24.1 Å². The number of rotatable bonds is 5. The van der Waals surface area contributed by atoms with Gasteiger partial charge in [0, 0.05) is 19.3 Å². The highest BCUT2D eigenvalue weighted by atomic mass is 15.2. The molecule has 0 amide bonds. The predicted molar refractivity (Wildman–Crippen MR) is 71.3 cm³/mol. The molecule has 2 atom stereocenters. The van der Waals surface area contributed by atoms with Gasteiger partial charge in [0.2, 0.25) is 0 Å². The van der Waals surface area contributed by atoms with E-state index in [1.165, 1.54) is 5.56 Å². The lowest BCUT2D eigenvalue weighted by Gasteiger charge is -2.30. The number of nitrogens with zero attached hydrogens (tertiary/aromatic N) is 2. The summed E-state index contributed by atoms with van der Waals surface area (Å²) in [6.45, 7) is 9.10. The Balaban J connectivity index is 2.55. The highest BCUT2D eigenvalue weighted by Gasteiger charge is 2.23. The molecule has 4 nitrogen and oxygen atoms in total. The van der Waals surface area contributed by atoms with Crippen LogP contribution in [0.2, 0.25) is 0 Å². The van der Waals surface area contributed by atoms with Crippen molar-refractivity contribution in [2.24, 2.45) is 24.2 Å². The topological polar surface area (TPSA) is 55.9 Å². The molecule has 1 heterocycles. The number of nitrogens with one attached hydrogen (secondary N) is 1. The lowest BCUT2D eigenvalue weighted by atomic mass is 9.78. The summed E-state index contributed by atoms with van der Waals surface area (Å²) in [6, 6.07) is 0.313. The fourth-order valence-electron chi connectivity index (χ4n) is 1.85. The molecular weight excluding hydrogens is 212 g/mol. The van der Waals surface area contributed by atoms with Crippen molar-refractivity contribution in [1.29, 1.82) is 0 Å². The maximum atomic E-state index is 5.64. The second-order valence-electron chi connectivity index (χ2n) is 6.09. The number of hydrazine groups is 1. The summed E-state index contributed by atoms with van der Waals surface area (Å²) in [5.41, 5.74) is 4.48. The predicted octanol–water partition coefficient (Wildman–Crippen LogP) is 1.87. The third-order valence-electron chi connectivity index (χ3n) is 3.59. The van der Waals surface area contributed by atoms with Crippen molar-refractivity contribution in [1.82, 2.24) is 15.2 Å². The Morgan fingerprint density at radius 1 is 1.47 bits per heavy atom. The Morgan fingerprint density at radius 3 is 2.53 bits per heavy atom. The Bertz CT molecular complexity index is 337. The molecule has 0 fully saturated rings. The van der Waals surface area contributed by atoms with Gasteiger partial charge in [-0.25, -0.2) is 0 Å². The van der Waals surface area contributed by atoms with Crippen molar-refractivity contribution >= 4 is 0 Å². The minimum atomic E-state index is 0.313. The van der Waals surface area contributed by atoms with Gasteiger partial charge in [0.25, 0.3) is 0 Å². The summed E-state index contributed by atoms with van der Waals surface area (Å²) in [6.07, 6.45) is 5.97. The maximum Gasteiger partial charge on any atom is 0.0522 e. The van der Waals surface area contributed by atoms with Crippen LogP contribution in [-0.2, 0) is 13.5 Å². The normalized spacial score (nSPS) is 15.9. The monoisotopic (exact) mass is 238 g/mol. The molecule has 17 heavy (non-hydrogen) atoms. The van der Waals surface area contributed by atoms with Crippen molar-refractivity contribution in [2.75, 3.05) is 0 Å². The van der Waals surface area contributed by atoms with Gasteiger partial charge in [0.1, 0.15) is 0 Å². The van der Waals surface area contributed by atoms with Crippen LogP contribution < -0.4 is 11.3 Å². The van der Waals surface area contributed by atoms with Gasteiger partial charge < -0.3 is 0 Å². The fraction of sp³-hybridized carbons (Fsp3) is 0.769. The van der Waals surface area contributed by atoms with E-state index in [0.29, 0.717) is 17.4 Å². The third-order valence-corrected chi connectivity index (χ3v) is 3.59. The van der Waals surface area contributed by atoms with Crippen LogP contribution in [0.1, 0.15) is 39.7 Å². The van der Waals surface area contributed by atoms with Gasteiger partial charge in [-0.05, 0) is 29.7 Å². The lowest BCUT2D eigenvalue weighted by molar-refractivity contribution is 0.222. The van der Waals surface area contributed by atoms with E-state index in [0.717, 1.165) is 12.8 Å². The summed E-state index contributed by atoms with van der Waals surface area (Å²) in [4.78, 5) is 0. The van der Waals surface area contributed by atoms with Gasteiger partial charge >= 0.3 is 0 Å². The Morgan fingerprint density at radius 2 is 2.12 bits per heavy atom. The molecule has 4 heteroatoms. The van der Waals surface area contributed by atoms with Gasteiger partial charge in [0.15, 0.2) is 0 Å². The zero-order valence-electron chi connectivity index (χ0n) is 11.7. The van der Waals surface area contributed by atoms with Crippen molar-refractivity contribution in [3.05, 3.63) is 18.0 Å². The average molecular weight is 238 g/mol. The van der Waals surface area contributed by atoms with Gasteiger partial charge in [-0.1, -0.05) is 27.7 Å². The second-order valence-corrected chi connectivity index (χ2v) is 6.09. The minimum Gasteiger partial charge on any atom is -0.276 e. The molecule has 0 radical (unpaired) electrons. The van der Waals surface area contributed by atoms with Crippen LogP contribution in [0.15, 0.2) is 12.4 Å². The summed E-state index contributed by atoms with van der Waals surface area (Å²) in [5.74, 6) is 6.27. The molecule has 0 saturated carbocycles. The molecule has 1 aromatic heterocycles. The van der Waals surface area contributed by atoms with Crippen molar-refractivity contribution < 1.29 is 0 Å². The van der Waals surface area contributed by atoms with Crippen LogP contribution >= 0.6 is 0 Å². The smallest absolute Gasteiger partial charge is 0.0522 e. The van der Waals surface area contributed by atoms with E-state index in [1.54, 1.807) is 0 Å². The van der Waals surface area contributed by atoms with E-state index < -0.39 is 0 Å².